The Balaban J connectivity index is 2.18. The Bertz CT molecular complexity index is 820. The van der Waals surface area contributed by atoms with Crippen LogP contribution in [0, 0.1) is 0 Å². The van der Waals surface area contributed by atoms with Crippen LogP contribution in [0.25, 0.3) is 0 Å². The average Bonchev–Trinajstić information content (AvgIpc) is 2.61. The average molecular weight is 382 g/mol. The zero-order valence-electron chi connectivity index (χ0n) is 17.7. The predicted molar refractivity (Wildman–Crippen MR) is 116 cm³/mol. The molecular weight excluding hydrogens is 350 g/mol. The van der Waals surface area contributed by atoms with E-state index in [1.54, 1.807) is 24.3 Å². The largest absolute Gasteiger partial charge is 0.369 e. The van der Waals surface area contributed by atoms with E-state index < -0.39 is 0 Å². The molecule has 2 aromatic rings. The van der Waals surface area contributed by atoms with Gasteiger partial charge in [-0.15, -0.1) is 0 Å². The van der Waals surface area contributed by atoms with Crippen molar-refractivity contribution in [3.63, 3.8) is 0 Å². The third-order valence-corrected chi connectivity index (χ3v) is 4.33. The lowest BCUT2D eigenvalue weighted by Gasteiger charge is -2.27. The van der Waals surface area contributed by atoms with Crippen molar-refractivity contribution in [1.82, 2.24) is 5.32 Å². The van der Waals surface area contributed by atoms with Gasteiger partial charge in [-0.3, -0.25) is 9.59 Å². The summed E-state index contributed by atoms with van der Waals surface area (Å²) < 4.78 is 0. The Morgan fingerprint density at radius 3 is 2.11 bits per heavy atom. The van der Waals surface area contributed by atoms with Gasteiger partial charge in [-0.25, -0.2) is 0 Å². The van der Waals surface area contributed by atoms with E-state index in [1.807, 2.05) is 45.0 Å². The third-order valence-electron chi connectivity index (χ3n) is 4.33. The lowest BCUT2D eigenvalue weighted by molar-refractivity contribution is 0.0920. The molecule has 0 aliphatic heterocycles. The van der Waals surface area contributed by atoms with Crippen molar-refractivity contribution >= 4 is 23.2 Å². The van der Waals surface area contributed by atoms with Crippen molar-refractivity contribution in [2.75, 3.05) is 16.8 Å². The summed E-state index contributed by atoms with van der Waals surface area (Å²) in [5.74, 6) is -0.454. The number of nitrogens with zero attached hydrogens (tertiary/aromatic N) is 1. The van der Waals surface area contributed by atoms with Crippen molar-refractivity contribution in [1.29, 1.82) is 0 Å². The molecule has 0 spiro atoms. The van der Waals surface area contributed by atoms with Crippen LogP contribution in [0.15, 0.2) is 48.5 Å². The highest BCUT2D eigenvalue weighted by Gasteiger charge is 2.19. The molecule has 0 saturated heterocycles. The second kappa shape index (κ2) is 8.91. The molecule has 2 amide bonds. The van der Waals surface area contributed by atoms with E-state index in [0.717, 1.165) is 12.2 Å². The monoisotopic (exact) mass is 381 g/mol. The van der Waals surface area contributed by atoms with Crippen LogP contribution >= 0.6 is 0 Å². The van der Waals surface area contributed by atoms with Crippen molar-refractivity contribution in [2.45, 2.75) is 53.1 Å². The number of nitrogens with one attached hydrogen (secondary N) is 2. The van der Waals surface area contributed by atoms with Gasteiger partial charge in [0.2, 0.25) is 0 Å². The summed E-state index contributed by atoms with van der Waals surface area (Å²) in [6.45, 7) is 13.1. The second-order valence-corrected chi connectivity index (χ2v) is 8.13. The summed E-state index contributed by atoms with van der Waals surface area (Å²) in [7, 11) is 0. The van der Waals surface area contributed by atoms with Crippen molar-refractivity contribution in [3.8, 4) is 0 Å². The van der Waals surface area contributed by atoms with E-state index in [-0.39, 0.29) is 17.4 Å². The minimum absolute atomic E-state index is 0.214. The van der Waals surface area contributed by atoms with E-state index >= 15 is 0 Å². The van der Waals surface area contributed by atoms with E-state index in [0.29, 0.717) is 22.9 Å². The number of para-hydroxylation sites is 1. The molecule has 0 radical (unpaired) electrons. The van der Waals surface area contributed by atoms with Gasteiger partial charge < -0.3 is 15.5 Å². The van der Waals surface area contributed by atoms with Crippen LogP contribution in [-0.2, 0) is 0 Å². The zero-order valence-corrected chi connectivity index (χ0v) is 17.7. The molecule has 2 rings (SSSR count). The molecule has 2 aromatic carbocycles. The van der Waals surface area contributed by atoms with Gasteiger partial charge in [0.1, 0.15) is 0 Å². The van der Waals surface area contributed by atoms with Gasteiger partial charge in [-0.1, -0.05) is 12.1 Å². The van der Waals surface area contributed by atoms with Gasteiger partial charge in [0.05, 0.1) is 11.3 Å². The predicted octanol–water partition coefficient (Wildman–Crippen LogP) is 4.70. The third kappa shape index (κ3) is 5.59. The zero-order chi connectivity index (χ0) is 20.9. The van der Waals surface area contributed by atoms with Gasteiger partial charge >= 0.3 is 0 Å². The summed E-state index contributed by atoms with van der Waals surface area (Å²) >= 11 is 0. The summed E-state index contributed by atoms with van der Waals surface area (Å²) in [6, 6.07) is 15.0. The second-order valence-electron chi connectivity index (χ2n) is 8.13. The molecule has 0 aromatic heterocycles. The Morgan fingerprint density at radius 1 is 0.964 bits per heavy atom. The smallest absolute Gasteiger partial charge is 0.255 e. The standard InChI is InChI=1S/C23H31N3O2/c1-7-26(16(2)3)18-14-12-17(13-15-18)21(27)24-20-11-9-8-10-19(20)22(28)25-23(4,5)6/h8-16H,7H2,1-6H3,(H,24,27)(H,25,28). The molecule has 0 unspecified atom stereocenters. The normalized spacial score (nSPS) is 11.2. The van der Waals surface area contributed by atoms with E-state index in [9.17, 15) is 9.59 Å². The topological polar surface area (TPSA) is 61.4 Å². The van der Waals surface area contributed by atoms with Crippen LogP contribution in [0.5, 0.6) is 0 Å². The van der Waals surface area contributed by atoms with Gasteiger partial charge in [0.25, 0.3) is 11.8 Å². The molecule has 5 nitrogen and oxygen atoms in total. The van der Waals surface area contributed by atoms with Gasteiger partial charge in [0, 0.05) is 29.4 Å². The molecule has 28 heavy (non-hydrogen) atoms. The first-order chi connectivity index (χ1) is 13.1. The first kappa shape index (κ1) is 21.5. The summed E-state index contributed by atoms with van der Waals surface area (Å²) in [6.07, 6.45) is 0. The molecular formula is C23H31N3O2. The molecule has 2 N–H and O–H groups in total. The lowest BCUT2D eigenvalue weighted by atomic mass is 10.1. The Kier molecular flexibility index (Phi) is 6.84. The number of hydrogen-bond donors (Lipinski definition) is 2. The highest BCUT2D eigenvalue weighted by molar-refractivity contribution is 6.09. The Morgan fingerprint density at radius 2 is 1.57 bits per heavy atom. The maximum atomic E-state index is 12.7. The van der Waals surface area contributed by atoms with Crippen molar-refractivity contribution in [3.05, 3.63) is 59.7 Å². The van der Waals surface area contributed by atoms with Crippen molar-refractivity contribution in [2.24, 2.45) is 0 Å². The molecule has 0 aliphatic carbocycles. The fourth-order valence-corrected chi connectivity index (χ4v) is 3.04. The van der Waals surface area contributed by atoms with Crippen LogP contribution in [0.3, 0.4) is 0 Å². The maximum absolute atomic E-state index is 12.7. The van der Waals surface area contributed by atoms with Crippen LogP contribution < -0.4 is 15.5 Å². The van der Waals surface area contributed by atoms with Gasteiger partial charge in [-0.05, 0) is 77.9 Å². The van der Waals surface area contributed by atoms with Crippen LogP contribution in [0.2, 0.25) is 0 Å². The molecule has 0 saturated carbocycles. The number of amides is 2. The van der Waals surface area contributed by atoms with Crippen LogP contribution in [0.4, 0.5) is 11.4 Å². The Hall–Kier alpha value is -2.82. The van der Waals surface area contributed by atoms with Gasteiger partial charge in [0.15, 0.2) is 0 Å². The number of rotatable bonds is 6. The Labute approximate surface area is 168 Å². The minimum Gasteiger partial charge on any atom is -0.369 e. The summed E-state index contributed by atoms with van der Waals surface area (Å²) in [5.41, 5.74) is 2.22. The maximum Gasteiger partial charge on any atom is 0.255 e. The van der Waals surface area contributed by atoms with Crippen LogP contribution in [-0.4, -0.2) is 29.9 Å². The minimum atomic E-state index is -0.356. The molecule has 0 atom stereocenters. The van der Waals surface area contributed by atoms with E-state index in [1.165, 1.54) is 0 Å². The SMILES string of the molecule is CCN(c1ccc(C(=O)Nc2ccccc2C(=O)NC(C)(C)C)cc1)C(C)C. The number of benzene rings is 2. The fourth-order valence-electron chi connectivity index (χ4n) is 3.04. The quantitative estimate of drug-likeness (QED) is 0.762. The molecule has 0 fully saturated rings. The number of anilines is 2. The molecule has 0 aliphatic rings. The first-order valence-corrected chi connectivity index (χ1v) is 9.72. The molecule has 0 heterocycles. The molecule has 150 valence electrons. The molecule has 5 heteroatoms. The lowest BCUT2D eigenvalue weighted by Crippen LogP contribution is -2.40. The number of carbonyl (C=O) groups excluding carboxylic acids is 2. The number of carbonyl (C=O) groups is 2. The first-order valence-electron chi connectivity index (χ1n) is 9.72. The van der Waals surface area contributed by atoms with E-state index in [2.05, 4.69) is 36.3 Å². The van der Waals surface area contributed by atoms with Crippen molar-refractivity contribution < 1.29 is 9.59 Å². The van der Waals surface area contributed by atoms with Gasteiger partial charge in [-0.2, -0.15) is 0 Å². The highest BCUT2D eigenvalue weighted by Crippen LogP contribution is 2.20. The molecule has 0 bridgehead atoms. The summed E-state index contributed by atoms with van der Waals surface area (Å²) in [4.78, 5) is 27.5. The fraction of sp³-hybridized carbons (Fsp3) is 0.391. The van der Waals surface area contributed by atoms with Crippen LogP contribution in [0.1, 0.15) is 62.3 Å². The number of hydrogen-bond acceptors (Lipinski definition) is 3. The summed E-state index contributed by atoms with van der Waals surface area (Å²) in [5, 5.41) is 5.80. The highest BCUT2D eigenvalue weighted by atomic mass is 16.2. The van der Waals surface area contributed by atoms with E-state index in [4.69, 9.17) is 0 Å².